The third kappa shape index (κ3) is 7.68. The number of hydrogen-bond acceptors (Lipinski definition) is 3. The molecule has 2 atom stereocenters. The largest absolute Gasteiger partial charge is 0.481 e. The van der Waals surface area contributed by atoms with Gasteiger partial charge in [-0.2, -0.15) is 0 Å². The Morgan fingerprint density at radius 1 is 1.05 bits per heavy atom. The average Bonchev–Trinajstić information content (AvgIpc) is 2.60. The van der Waals surface area contributed by atoms with Crippen molar-refractivity contribution < 1.29 is 19.5 Å². The number of carbonyl (C=O) groups is 3. The molecule has 0 spiro atoms. The van der Waals surface area contributed by atoms with E-state index >= 15 is 0 Å². The summed E-state index contributed by atoms with van der Waals surface area (Å²) < 4.78 is 0. The molecule has 1 saturated carbocycles. The fraction of sp³-hybridized carbons (Fsp3) is 0.800. The highest BCUT2D eigenvalue weighted by Gasteiger charge is 2.22. The highest BCUT2D eigenvalue weighted by Crippen LogP contribution is 2.22. The first-order valence-corrected chi connectivity index (χ1v) is 7.81. The minimum absolute atomic E-state index is 0.0546. The number of hydrogen-bond donors (Lipinski definition) is 3. The molecule has 0 aliphatic heterocycles. The van der Waals surface area contributed by atoms with Crippen LogP contribution in [0.15, 0.2) is 0 Å². The Balaban J connectivity index is 2.22. The smallest absolute Gasteiger partial charge is 0.321 e. The molecule has 0 heterocycles. The highest BCUT2D eigenvalue weighted by atomic mass is 16.4. The second-order valence-electron chi connectivity index (χ2n) is 5.84. The molecule has 3 N–H and O–H groups in total. The molecule has 3 amide bonds. The quantitative estimate of drug-likeness (QED) is 0.518. The predicted molar refractivity (Wildman–Crippen MR) is 78.8 cm³/mol. The summed E-state index contributed by atoms with van der Waals surface area (Å²) in [5, 5.41) is 13.7. The number of amides is 3. The summed E-state index contributed by atoms with van der Waals surface area (Å²) in [6, 6.07) is -0.302. The molecule has 1 aliphatic rings. The number of carboxylic acid groups (broad SMARTS) is 1. The molecule has 6 heteroatoms. The van der Waals surface area contributed by atoms with Crippen LogP contribution >= 0.6 is 0 Å². The van der Waals surface area contributed by atoms with Gasteiger partial charge in [0.25, 0.3) is 0 Å². The van der Waals surface area contributed by atoms with Crippen molar-refractivity contribution in [1.29, 1.82) is 0 Å². The Morgan fingerprint density at radius 2 is 1.71 bits per heavy atom. The van der Waals surface area contributed by atoms with Gasteiger partial charge in [-0.3, -0.25) is 14.9 Å². The third-order valence-electron chi connectivity index (χ3n) is 3.98. The van der Waals surface area contributed by atoms with Crippen LogP contribution in [-0.2, 0) is 9.59 Å². The fourth-order valence-corrected chi connectivity index (χ4v) is 2.66. The molecule has 0 radical (unpaired) electrons. The number of unbranched alkanes of at least 4 members (excludes halogenated alkanes) is 1. The third-order valence-corrected chi connectivity index (χ3v) is 3.98. The van der Waals surface area contributed by atoms with Crippen LogP contribution in [0.25, 0.3) is 0 Å². The molecule has 0 bridgehead atoms. The summed E-state index contributed by atoms with van der Waals surface area (Å²) in [6.45, 7) is 2.13. The second-order valence-corrected chi connectivity index (χ2v) is 5.84. The van der Waals surface area contributed by atoms with Crippen molar-refractivity contribution in [3.63, 3.8) is 0 Å². The monoisotopic (exact) mass is 298 g/mol. The molecule has 2 unspecified atom stereocenters. The van der Waals surface area contributed by atoms with Crippen molar-refractivity contribution in [3.8, 4) is 0 Å². The summed E-state index contributed by atoms with van der Waals surface area (Å²) >= 11 is 0. The van der Waals surface area contributed by atoms with Gasteiger partial charge in [-0.1, -0.05) is 26.2 Å². The van der Waals surface area contributed by atoms with E-state index in [-0.39, 0.29) is 24.8 Å². The number of carboxylic acids is 1. The number of carbonyl (C=O) groups excluding carboxylic acids is 2. The molecule has 0 aromatic rings. The Labute approximate surface area is 125 Å². The van der Waals surface area contributed by atoms with E-state index in [1.54, 1.807) is 0 Å². The molecular weight excluding hydrogens is 272 g/mol. The van der Waals surface area contributed by atoms with E-state index in [2.05, 4.69) is 17.6 Å². The van der Waals surface area contributed by atoms with Gasteiger partial charge >= 0.3 is 12.0 Å². The molecule has 6 nitrogen and oxygen atoms in total. The van der Waals surface area contributed by atoms with Gasteiger partial charge in [0.1, 0.15) is 0 Å². The lowest BCUT2D eigenvalue weighted by molar-refractivity contribution is -0.137. The van der Waals surface area contributed by atoms with E-state index in [4.69, 9.17) is 5.11 Å². The van der Waals surface area contributed by atoms with Gasteiger partial charge in [-0.25, -0.2) is 4.79 Å². The zero-order chi connectivity index (χ0) is 15.7. The van der Waals surface area contributed by atoms with Gasteiger partial charge in [0.2, 0.25) is 5.91 Å². The summed E-state index contributed by atoms with van der Waals surface area (Å²) in [4.78, 5) is 33.7. The Bertz CT molecular complexity index is 371. The Morgan fingerprint density at radius 3 is 2.43 bits per heavy atom. The van der Waals surface area contributed by atoms with Crippen LogP contribution in [-0.4, -0.2) is 29.1 Å². The minimum Gasteiger partial charge on any atom is -0.481 e. The van der Waals surface area contributed by atoms with Crippen molar-refractivity contribution in [2.75, 3.05) is 0 Å². The predicted octanol–water partition coefficient (Wildman–Crippen LogP) is 2.43. The summed E-state index contributed by atoms with van der Waals surface area (Å²) in [5.41, 5.74) is 0. The Kier molecular flexibility index (Phi) is 7.79. The molecule has 120 valence electrons. The maximum Gasteiger partial charge on any atom is 0.321 e. The van der Waals surface area contributed by atoms with Crippen molar-refractivity contribution in [2.45, 2.75) is 70.8 Å². The van der Waals surface area contributed by atoms with Crippen LogP contribution in [0.1, 0.15) is 64.7 Å². The first-order valence-electron chi connectivity index (χ1n) is 7.81. The molecule has 21 heavy (non-hydrogen) atoms. The number of imide groups is 1. The molecular formula is C15H26N2O4. The number of rotatable bonds is 6. The summed E-state index contributed by atoms with van der Waals surface area (Å²) in [7, 11) is 0. The van der Waals surface area contributed by atoms with Gasteiger partial charge in [0.05, 0.1) is 0 Å². The van der Waals surface area contributed by atoms with Crippen LogP contribution < -0.4 is 10.6 Å². The van der Waals surface area contributed by atoms with Crippen molar-refractivity contribution in [1.82, 2.24) is 10.6 Å². The molecule has 1 aliphatic carbocycles. The molecule has 1 fully saturated rings. The summed E-state index contributed by atoms with van der Waals surface area (Å²) in [5.74, 6) is -0.779. The lowest BCUT2D eigenvalue weighted by Crippen LogP contribution is -2.46. The zero-order valence-corrected chi connectivity index (χ0v) is 12.7. The van der Waals surface area contributed by atoms with Crippen LogP contribution in [0, 0.1) is 5.92 Å². The van der Waals surface area contributed by atoms with Crippen molar-refractivity contribution >= 4 is 17.9 Å². The van der Waals surface area contributed by atoms with Crippen molar-refractivity contribution in [3.05, 3.63) is 0 Å². The van der Waals surface area contributed by atoms with Crippen LogP contribution in [0.5, 0.6) is 0 Å². The van der Waals surface area contributed by atoms with Gasteiger partial charge in [-0.05, 0) is 31.6 Å². The lowest BCUT2D eigenvalue weighted by Gasteiger charge is -2.22. The number of nitrogens with one attached hydrogen (secondary N) is 2. The van der Waals surface area contributed by atoms with Gasteiger partial charge in [0.15, 0.2) is 0 Å². The SMILES string of the molecule is CC1CCCCCC1NC(=O)NC(=O)CCCCC(=O)O. The van der Waals surface area contributed by atoms with Crippen LogP contribution in [0.4, 0.5) is 4.79 Å². The van der Waals surface area contributed by atoms with E-state index in [1.165, 1.54) is 12.8 Å². The van der Waals surface area contributed by atoms with E-state index < -0.39 is 12.0 Å². The Hall–Kier alpha value is -1.59. The first kappa shape index (κ1) is 17.5. The average molecular weight is 298 g/mol. The van der Waals surface area contributed by atoms with E-state index in [0.717, 1.165) is 19.3 Å². The summed E-state index contributed by atoms with van der Waals surface area (Å²) in [6.07, 6.45) is 6.74. The molecule has 0 aromatic carbocycles. The topological polar surface area (TPSA) is 95.5 Å². The zero-order valence-electron chi connectivity index (χ0n) is 12.7. The van der Waals surface area contributed by atoms with Gasteiger partial charge in [-0.15, -0.1) is 0 Å². The van der Waals surface area contributed by atoms with Gasteiger partial charge in [0, 0.05) is 18.9 Å². The van der Waals surface area contributed by atoms with E-state index in [9.17, 15) is 14.4 Å². The van der Waals surface area contributed by atoms with Crippen molar-refractivity contribution in [2.24, 2.45) is 5.92 Å². The van der Waals surface area contributed by atoms with E-state index in [1.807, 2.05) is 0 Å². The standard InChI is InChI=1S/C15H26N2O4/c1-11-7-3-2-4-8-12(11)16-15(21)17-13(18)9-5-6-10-14(19)20/h11-12H,2-10H2,1H3,(H,19,20)(H2,16,17,18,21). The van der Waals surface area contributed by atoms with Crippen LogP contribution in [0.2, 0.25) is 0 Å². The van der Waals surface area contributed by atoms with Crippen LogP contribution in [0.3, 0.4) is 0 Å². The number of urea groups is 1. The lowest BCUT2D eigenvalue weighted by atomic mass is 9.97. The normalized spacial score (nSPS) is 22.1. The number of aliphatic carboxylic acids is 1. The maximum absolute atomic E-state index is 11.8. The molecule has 0 saturated heterocycles. The second kappa shape index (κ2) is 9.37. The highest BCUT2D eigenvalue weighted by molar-refractivity contribution is 5.94. The van der Waals surface area contributed by atoms with E-state index in [0.29, 0.717) is 18.8 Å². The molecule has 0 aromatic heterocycles. The maximum atomic E-state index is 11.8. The van der Waals surface area contributed by atoms with Gasteiger partial charge < -0.3 is 10.4 Å². The minimum atomic E-state index is -0.865. The molecule has 1 rings (SSSR count). The fourth-order valence-electron chi connectivity index (χ4n) is 2.66. The first-order chi connectivity index (χ1) is 9.99.